The largest absolute Gasteiger partial charge is 0.396 e. The predicted octanol–water partition coefficient (Wildman–Crippen LogP) is 11.1. The number of halogens is 4. The molecule has 0 bridgehead atoms. The van der Waals surface area contributed by atoms with E-state index < -0.39 is 51.3 Å². The Bertz CT molecular complexity index is 4970. The smallest absolute Gasteiger partial charge is 0.163 e. The van der Waals surface area contributed by atoms with Gasteiger partial charge in [-0.1, -0.05) is 52.5 Å². The Balaban J connectivity index is 0.0000000926. The van der Waals surface area contributed by atoms with Crippen molar-refractivity contribution < 1.29 is 72.0 Å². The number of fused-ring (bicyclic) bond motifs is 19. The van der Waals surface area contributed by atoms with Gasteiger partial charge in [-0.25, -0.2) is 39.9 Å². The van der Waals surface area contributed by atoms with Crippen molar-refractivity contribution in [3.05, 3.63) is 108 Å². The number of aliphatic hydroxyl groups is 2. The minimum absolute atomic E-state index is 0.00564. The fourth-order valence-electron chi connectivity index (χ4n) is 22.0. The predicted molar refractivity (Wildman–Crippen MR) is 389 cm³/mol. The van der Waals surface area contributed by atoms with Crippen LogP contribution in [0.15, 0.2) is 87.0 Å². The highest BCUT2D eigenvalue weighted by Gasteiger charge is 2.81. The first-order valence-electron chi connectivity index (χ1n) is 37.2. The van der Waals surface area contributed by atoms with Crippen molar-refractivity contribution in [2.24, 2.45) is 56.7 Å². The summed E-state index contributed by atoms with van der Waals surface area (Å²) in [5.74, 6) is -1.61. The van der Waals surface area contributed by atoms with Gasteiger partial charge < -0.3 is 80.6 Å². The van der Waals surface area contributed by atoms with E-state index >= 15 is 0 Å². The Morgan fingerprint density at radius 1 is 0.435 bits per heavy atom. The molecule has 5 aliphatic heterocycles. The molecule has 0 unspecified atom stereocenters. The van der Waals surface area contributed by atoms with Gasteiger partial charge >= 0.3 is 0 Å². The maximum Gasteiger partial charge on any atom is 0.163 e. The first-order chi connectivity index (χ1) is 51.1. The number of aldehydes is 1. The lowest BCUT2D eigenvalue weighted by atomic mass is 9.95. The van der Waals surface area contributed by atoms with Crippen LogP contribution in [-0.4, -0.2) is 189 Å². The summed E-state index contributed by atoms with van der Waals surface area (Å²) >= 11 is 24.7. The molecule has 15 fully saturated rings. The van der Waals surface area contributed by atoms with Crippen LogP contribution < -0.4 is 0 Å². The number of aromatic nitrogens is 12. The molecule has 2 N–H and O–H groups in total. The van der Waals surface area contributed by atoms with E-state index in [1.54, 1.807) is 13.8 Å². The van der Waals surface area contributed by atoms with Gasteiger partial charge in [-0.15, -0.1) is 6.58 Å². The Kier molecular flexibility index (Phi) is 15.9. The topological polar surface area (TPSA) is 307 Å². The molecule has 0 spiro atoms. The fraction of sp³-hybridized carbons (Fsp3) is 0.623. The number of rotatable bonds is 9. The summed E-state index contributed by atoms with van der Waals surface area (Å²) in [4.78, 5) is 69.6. The lowest BCUT2D eigenvalue weighted by Gasteiger charge is -2.24. The number of aliphatic hydroxyl groups excluding tert-OH is 2. The molecule has 8 aromatic rings. The third-order valence-corrected chi connectivity index (χ3v) is 28.1. The molecule has 10 saturated carbocycles. The number of Topliss-reactive ketones (excluding diaryl/α,β-unsaturated/α-hetero) is 2. The molecule has 108 heavy (non-hydrogen) atoms. The van der Waals surface area contributed by atoms with E-state index in [1.807, 2.05) is 118 Å². The summed E-state index contributed by atoms with van der Waals surface area (Å²) in [7, 11) is 0. The Hall–Kier alpha value is -6.09. The number of hydrogen-bond acceptors (Lipinski definition) is 23. The number of nitrogens with zero attached hydrogens (tertiary/aromatic N) is 12. The molecule has 13 heterocycles. The molecule has 0 aromatic carbocycles. The van der Waals surface area contributed by atoms with Crippen molar-refractivity contribution >= 4 is 108 Å². The fourth-order valence-corrected chi connectivity index (χ4v) is 22.8. The van der Waals surface area contributed by atoms with E-state index in [9.17, 15) is 24.6 Å². The molecule has 8 aromatic heterocycles. The van der Waals surface area contributed by atoms with Crippen molar-refractivity contribution in [1.82, 2.24) is 58.1 Å². The quantitative estimate of drug-likeness (QED) is 0.0770. The number of carbonyl (C=O) groups is 3. The number of carbonyl (C=O) groups excluding carboxylic acids is 3. The minimum Gasteiger partial charge on any atom is -0.396 e. The van der Waals surface area contributed by atoms with Crippen LogP contribution in [0.2, 0.25) is 20.6 Å². The SMILES string of the molecule is C=C[C@@]12C[C@@H]1[C@@H](n1ccc3c(Cl)ncnc31)[C@@H]1OC(C)(C)O[C@@H]12.CC(=O)[C@@]12C[C@@H]1[C@@H](n1ccc3c(Cl)ncnc31)[C@@H]1OC(C)(C)O[C@@H]12.CC(=O)[C@@]12C[C@@H]1[C@H](O)[C@@H]1OC(C)(C)O[C@@H]12.CC1(C)O[C@H]2[C@H](n3ccc4c(Cl)ncnc43)[C@H]3C[C@@]3(C=O)[C@H]2O1.CC1(C)O[C@H]2[C@H](n3ccc4c(Cl)ncnc43)[C@H]3C[C@@]3(CO)[C@H]2O1. The second-order valence-corrected chi connectivity index (χ2v) is 36.2. The zero-order valence-electron chi connectivity index (χ0n) is 61.7. The van der Waals surface area contributed by atoms with Crippen LogP contribution in [0.5, 0.6) is 0 Å². The second-order valence-electron chi connectivity index (χ2n) is 34.7. The molecule has 10 aliphatic carbocycles. The molecule has 5 saturated heterocycles. The highest BCUT2D eigenvalue weighted by atomic mass is 35.5. The molecule has 31 heteroatoms. The molecule has 25 atom stereocenters. The maximum atomic E-state index is 12.4. The molecule has 572 valence electrons. The van der Waals surface area contributed by atoms with E-state index in [2.05, 4.69) is 70.8 Å². The average molecular weight is 1560 g/mol. The van der Waals surface area contributed by atoms with Crippen molar-refractivity contribution in [3.8, 4) is 0 Å². The Morgan fingerprint density at radius 3 is 1.15 bits per heavy atom. The van der Waals surface area contributed by atoms with E-state index in [4.69, 9.17) is 93.8 Å². The van der Waals surface area contributed by atoms with E-state index in [1.165, 1.54) is 25.3 Å². The zero-order chi connectivity index (χ0) is 75.8. The Labute approximate surface area is 641 Å². The van der Waals surface area contributed by atoms with Crippen LogP contribution in [0.25, 0.3) is 44.1 Å². The van der Waals surface area contributed by atoms with Gasteiger partial charge in [-0.3, -0.25) is 9.59 Å². The van der Waals surface area contributed by atoms with Crippen LogP contribution in [0, 0.1) is 56.7 Å². The first-order valence-corrected chi connectivity index (χ1v) is 38.7. The van der Waals surface area contributed by atoms with E-state index in [0.717, 1.165) is 82.5 Å². The molecule has 0 radical (unpaired) electrons. The number of ether oxygens (including phenoxy) is 10. The van der Waals surface area contributed by atoms with Crippen LogP contribution >= 0.6 is 46.4 Å². The third kappa shape index (κ3) is 10.3. The highest BCUT2D eigenvalue weighted by Crippen LogP contribution is 2.76. The number of ketones is 2. The standard InChI is InChI=1S/C17H18ClN3O3.C17H18ClN3O2.C16H18ClN3O3.C16H16ClN3O3.C11H16O4/c1-8(22)17-6-10(17)11(12-13(17)24-16(2,3)23-12)21-5-4-9-14(18)19-7-20-15(9)21;1-4-17-7-10(17)11(12-13(17)23-16(2,3)22-12)21-6-5-9-14(18)19-8-20-15(9)21;2*1-15(2)22-11-10(9-5-16(9,6-21)12(11)23-15)20-4-3-8-13(17)18-7-19-14(8)20;1-5(12)11-4-6(11)7(13)8-9(11)15-10(2,3)14-8/h4-5,7,10-13H,6H2,1-3H3;4-6,8,10-13H,1,7H2,2-3H3;3-4,7,9-12,21H,5-6H2,1-2H3;3-4,6-7,9-12H,5H2,1-2H3;6-9,13H,4H2,1-3H3/t10-,11-,12+,13+,17+;10-,11-,12+,13+,17-;2*9-,10-,11+,12+,16+;6-,7+,8+,9+,11+/m11111/s1. The van der Waals surface area contributed by atoms with Crippen molar-refractivity contribution in [1.29, 1.82) is 0 Å². The van der Waals surface area contributed by atoms with Crippen LogP contribution in [-0.2, 0) is 61.8 Å². The van der Waals surface area contributed by atoms with Gasteiger partial charge in [0.2, 0.25) is 0 Å². The van der Waals surface area contributed by atoms with Crippen LogP contribution in [0.4, 0.5) is 0 Å². The summed E-state index contributed by atoms with van der Waals surface area (Å²) in [6, 6.07) is 8.07. The van der Waals surface area contributed by atoms with Crippen molar-refractivity contribution in [3.63, 3.8) is 0 Å². The van der Waals surface area contributed by atoms with Crippen molar-refractivity contribution in [2.75, 3.05) is 6.61 Å². The van der Waals surface area contributed by atoms with Gasteiger partial charge in [0.05, 0.1) is 86.9 Å². The first kappa shape index (κ1) is 72.2. The molecule has 0 amide bonds. The lowest BCUT2D eigenvalue weighted by molar-refractivity contribution is -0.169. The summed E-state index contributed by atoms with van der Waals surface area (Å²) < 4.78 is 69.2. The molecular weight excluding hydrogens is 1470 g/mol. The number of hydrogen-bond donors (Lipinski definition) is 2. The van der Waals surface area contributed by atoms with Gasteiger partial charge in [0.25, 0.3) is 0 Å². The van der Waals surface area contributed by atoms with E-state index in [-0.39, 0.29) is 132 Å². The molecule has 27 nitrogen and oxygen atoms in total. The van der Waals surface area contributed by atoms with E-state index in [0.29, 0.717) is 32.4 Å². The van der Waals surface area contributed by atoms with Gasteiger partial charge in [-0.2, -0.15) is 0 Å². The summed E-state index contributed by atoms with van der Waals surface area (Å²) in [6.45, 7) is 26.5. The third-order valence-electron chi connectivity index (χ3n) is 26.9. The Morgan fingerprint density at radius 2 is 0.750 bits per heavy atom. The lowest BCUT2D eigenvalue weighted by Crippen LogP contribution is -2.35. The van der Waals surface area contributed by atoms with Crippen LogP contribution in [0.3, 0.4) is 0 Å². The summed E-state index contributed by atoms with van der Waals surface area (Å²) in [5.41, 5.74) is 1.77. The normalized spacial score (nSPS) is 42.0. The maximum absolute atomic E-state index is 12.4. The summed E-state index contributed by atoms with van der Waals surface area (Å²) in [6.07, 6.45) is 19.6. The molecule has 15 aliphatic rings. The van der Waals surface area contributed by atoms with Gasteiger partial charge in [0, 0.05) is 41.5 Å². The zero-order valence-corrected chi connectivity index (χ0v) is 64.7. The average Bonchev–Trinajstić information content (AvgIpc) is 1.54. The minimum atomic E-state index is -0.681. The second kappa shape index (κ2) is 23.8. The van der Waals surface area contributed by atoms with Crippen molar-refractivity contribution in [2.45, 2.75) is 235 Å². The van der Waals surface area contributed by atoms with Crippen LogP contribution in [0.1, 0.15) is 139 Å². The monoisotopic (exact) mass is 1560 g/mol. The van der Waals surface area contributed by atoms with Gasteiger partial charge in [0.15, 0.2) is 28.9 Å². The molecular formula is C77H86Cl4N12O15. The summed E-state index contributed by atoms with van der Waals surface area (Å²) in [5, 5.41) is 25.1. The van der Waals surface area contributed by atoms with Gasteiger partial charge in [-0.05, 0) is 163 Å². The highest BCUT2D eigenvalue weighted by molar-refractivity contribution is 6.35. The molecule has 23 rings (SSSR count). The van der Waals surface area contributed by atoms with Gasteiger partial charge in [0.1, 0.15) is 135 Å².